The van der Waals surface area contributed by atoms with Gasteiger partial charge in [0.1, 0.15) is 0 Å². The molecule has 0 bridgehead atoms. The lowest BCUT2D eigenvalue weighted by molar-refractivity contribution is -0.384. The highest BCUT2D eigenvalue weighted by Crippen LogP contribution is 2.26. The molecule has 2 aromatic heterocycles. The molecule has 0 spiro atoms. The van der Waals surface area contributed by atoms with E-state index in [1.165, 1.54) is 12.5 Å². The van der Waals surface area contributed by atoms with Crippen molar-refractivity contribution in [2.45, 2.75) is 6.54 Å². The Labute approximate surface area is 113 Å². The summed E-state index contributed by atoms with van der Waals surface area (Å²) in [6, 6.07) is 2.73. The van der Waals surface area contributed by atoms with Crippen molar-refractivity contribution >= 4 is 17.5 Å². The Balaban J connectivity index is 2.35. The van der Waals surface area contributed by atoms with E-state index in [-0.39, 0.29) is 17.1 Å². The van der Waals surface area contributed by atoms with Crippen molar-refractivity contribution in [3.63, 3.8) is 0 Å². The standard InChI is InChI=1S/C12H11N3O5/c1-14(6-8-2-3-20-7-8)11-10(15(18)19)4-9(5-13-11)12(16)17/h2-5,7H,6H2,1H3,(H,16,17). The topological polar surface area (TPSA) is 110 Å². The maximum absolute atomic E-state index is 11.0. The molecular weight excluding hydrogens is 266 g/mol. The summed E-state index contributed by atoms with van der Waals surface area (Å²) >= 11 is 0. The molecule has 8 heteroatoms. The van der Waals surface area contributed by atoms with Crippen LogP contribution in [-0.2, 0) is 6.54 Å². The van der Waals surface area contributed by atoms with Gasteiger partial charge in [0.25, 0.3) is 0 Å². The molecule has 0 saturated heterocycles. The number of aromatic carboxylic acids is 1. The van der Waals surface area contributed by atoms with Crippen molar-refractivity contribution in [2.75, 3.05) is 11.9 Å². The first-order valence-corrected chi connectivity index (χ1v) is 5.59. The summed E-state index contributed by atoms with van der Waals surface area (Å²) in [5, 5.41) is 19.9. The van der Waals surface area contributed by atoms with Crippen molar-refractivity contribution in [3.8, 4) is 0 Å². The van der Waals surface area contributed by atoms with Crippen molar-refractivity contribution in [1.29, 1.82) is 0 Å². The molecule has 0 atom stereocenters. The fraction of sp³-hybridized carbons (Fsp3) is 0.167. The molecule has 0 amide bonds. The van der Waals surface area contributed by atoms with Gasteiger partial charge >= 0.3 is 11.7 Å². The number of nitrogens with zero attached hydrogens (tertiary/aromatic N) is 3. The van der Waals surface area contributed by atoms with E-state index in [9.17, 15) is 14.9 Å². The molecular formula is C12H11N3O5. The zero-order valence-electron chi connectivity index (χ0n) is 10.5. The molecule has 104 valence electrons. The number of carboxylic acid groups (broad SMARTS) is 1. The van der Waals surface area contributed by atoms with Crippen molar-refractivity contribution in [1.82, 2.24) is 4.98 Å². The molecule has 2 aromatic rings. The molecule has 0 aliphatic heterocycles. The Hall–Kier alpha value is -2.90. The van der Waals surface area contributed by atoms with Crippen molar-refractivity contribution in [3.05, 3.63) is 52.1 Å². The second kappa shape index (κ2) is 5.39. The van der Waals surface area contributed by atoms with Crippen LogP contribution in [0.15, 0.2) is 35.3 Å². The van der Waals surface area contributed by atoms with Crippen LogP contribution in [0.25, 0.3) is 0 Å². The average Bonchev–Trinajstić information content (AvgIpc) is 2.90. The maximum atomic E-state index is 11.0. The van der Waals surface area contributed by atoms with E-state index >= 15 is 0 Å². The van der Waals surface area contributed by atoms with Crippen molar-refractivity contribution in [2.24, 2.45) is 0 Å². The van der Waals surface area contributed by atoms with Gasteiger partial charge in [-0.2, -0.15) is 0 Å². The number of hydrogen-bond donors (Lipinski definition) is 1. The normalized spacial score (nSPS) is 10.2. The average molecular weight is 277 g/mol. The van der Waals surface area contributed by atoms with Gasteiger partial charge in [0.2, 0.25) is 5.82 Å². The van der Waals surface area contributed by atoms with Crippen LogP contribution in [0.1, 0.15) is 15.9 Å². The van der Waals surface area contributed by atoms with Crippen LogP contribution in [0.3, 0.4) is 0 Å². The summed E-state index contributed by atoms with van der Waals surface area (Å²) in [4.78, 5) is 26.6. The van der Waals surface area contributed by atoms with Crippen LogP contribution < -0.4 is 4.90 Å². The highest BCUT2D eigenvalue weighted by Gasteiger charge is 2.22. The summed E-state index contributed by atoms with van der Waals surface area (Å²) in [6.07, 6.45) is 4.11. The number of rotatable bonds is 5. The summed E-state index contributed by atoms with van der Waals surface area (Å²) in [7, 11) is 1.63. The predicted octanol–water partition coefficient (Wildman–Crippen LogP) is 1.92. The number of carbonyl (C=O) groups is 1. The van der Waals surface area contributed by atoms with Gasteiger partial charge in [-0.25, -0.2) is 9.78 Å². The SMILES string of the molecule is CN(Cc1ccoc1)c1ncc(C(=O)O)cc1[N+](=O)[O-]. The Bertz CT molecular complexity index is 639. The second-order valence-corrected chi connectivity index (χ2v) is 4.12. The van der Waals surface area contributed by atoms with Gasteiger partial charge in [-0.15, -0.1) is 0 Å². The van der Waals surface area contributed by atoms with Crippen molar-refractivity contribution < 1.29 is 19.2 Å². The Morgan fingerprint density at radius 3 is 2.90 bits per heavy atom. The largest absolute Gasteiger partial charge is 0.478 e. The fourth-order valence-electron chi connectivity index (χ4n) is 1.72. The lowest BCUT2D eigenvalue weighted by atomic mass is 10.2. The van der Waals surface area contributed by atoms with Crippen LogP contribution in [0.4, 0.5) is 11.5 Å². The van der Waals surface area contributed by atoms with E-state index in [1.54, 1.807) is 18.0 Å². The van der Waals surface area contributed by atoms with Gasteiger partial charge in [-0.05, 0) is 6.07 Å². The minimum Gasteiger partial charge on any atom is -0.478 e. The lowest BCUT2D eigenvalue weighted by Gasteiger charge is -2.17. The molecule has 0 unspecified atom stereocenters. The highest BCUT2D eigenvalue weighted by molar-refractivity contribution is 5.88. The highest BCUT2D eigenvalue weighted by atomic mass is 16.6. The molecule has 20 heavy (non-hydrogen) atoms. The molecule has 0 aliphatic carbocycles. The van der Waals surface area contributed by atoms with Crippen LogP contribution in [0.5, 0.6) is 0 Å². The number of nitro groups is 1. The minimum atomic E-state index is -1.26. The molecule has 0 aromatic carbocycles. The third kappa shape index (κ3) is 2.74. The smallest absolute Gasteiger partial charge is 0.337 e. The van der Waals surface area contributed by atoms with Crippen LogP contribution in [0.2, 0.25) is 0 Å². The van der Waals surface area contributed by atoms with Gasteiger partial charge in [-0.1, -0.05) is 0 Å². The lowest BCUT2D eigenvalue weighted by Crippen LogP contribution is -2.19. The maximum Gasteiger partial charge on any atom is 0.337 e. The number of pyridine rings is 1. The van der Waals surface area contributed by atoms with E-state index in [0.717, 1.165) is 17.8 Å². The first-order chi connectivity index (χ1) is 9.49. The summed E-state index contributed by atoms with van der Waals surface area (Å²) in [6.45, 7) is 0.358. The molecule has 0 aliphatic rings. The molecule has 0 saturated carbocycles. The Kier molecular flexibility index (Phi) is 3.65. The molecule has 0 radical (unpaired) electrons. The van der Waals surface area contributed by atoms with Gasteiger partial charge in [0.15, 0.2) is 0 Å². The quantitative estimate of drug-likeness (QED) is 0.656. The first kappa shape index (κ1) is 13.5. The number of hydrogen-bond acceptors (Lipinski definition) is 6. The molecule has 8 nitrogen and oxygen atoms in total. The molecule has 2 rings (SSSR count). The zero-order chi connectivity index (χ0) is 14.7. The number of furan rings is 1. The van der Waals surface area contributed by atoms with E-state index in [0.29, 0.717) is 6.54 Å². The van der Waals surface area contributed by atoms with E-state index in [1.807, 2.05) is 0 Å². The predicted molar refractivity (Wildman–Crippen MR) is 68.7 cm³/mol. The third-order valence-corrected chi connectivity index (χ3v) is 2.65. The summed E-state index contributed by atoms with van der Waals surface area (Å²) < 4.78 is 4.92. The van der Waals surface area contributed by atoms with E-state index in [4.69, 9.17) is 9.52 Å². The third-order valence-electron chi connectivity index (χ3n) is 2.65. The fourth-order valence-corrected chi connectivity index (χ4v) is 1.72. The molecule has 0 fully saturated rings. The van der Waals surface area contributed by atoms with Gasteiger partial charge < -0.3 is 14.4 Å². The monoisotopic (exact) mass is 277 g/mol. The molecule has 1 N–H and O–H groups in total. The van der Waals surface area contributed by atoms with Gasteiger partial charge in [-0.3, -0.25) is 10.1 Å². The van der Waals surface area contributed by atoms with Gasteiger partial charge in [0, 0.05) is 31.4 Å². The number of anilines is 1. The summed E-state index contributed by atoms with van der Waals surface area (Å²) in [5.74, 6) is -1.16. The van der Waals surface area contributed by atoms with Crippen LogP contribution in [0, 0.1) is 10.1 Å². The van der Waals surface area contributed by atoms with Crippen LogP contribution in [-0.4, -0.2) is 28.0 Å². The van der Waals surface area contributed by atoms with E-state index < -0.39 is 10.9 Å². The second-order valence-electron chi connectivity index (χ2n) is 4.12. The number of carboxylic acids is 1. The Morgan fingerprint density at radius 2 is 2.35 bits per heavy atom. The molecule has 2 heterocycles. The zero-order valence-corrected chi connectivity index (χ0v) is 10.5. The Morgan fingerprint density at radius 1 is 1.60 bits per heavy atom. The van der Waals surface area contributed by atoms with Gasteiger partial charge in [0.05, 0.1) is 23.0 Å². The summed E-state index contributed by atoms with van der Waals surface area (Å²) in [5.41, 5.74) is 0.249. The van der Waals surface area contributed by atoms with Crippen LogP contribution >= 0.6 is 0 Å². The minimum absolute atomic E-state index is 0.0983. The first-order valence-electron chi connectivity index (χ1n) is 5.59. The number of aromatic nitrogens is 1. The van der Waals surface area contributed by atoms with E-state index in [2.05, 4.69) is 4.98 Å².